The average Bonchev–Trinajstić information content (AvgIpc) is 3.28. The summed E-state index contributed by atoms with van der Waals surface area (Å²) in [6, 6.07) is 13.9. The SMILES string of the molecule is CCCCOC(=O)c1ccc(NC(=O)CSc2nnc(-c3ccc(OCC)cc3)o2)cc1. The van der Waals surface area contributed by atoms with Gasteiger partial charge in [-0.3, -0.25) is 4.79 Å². The molecule has 1 N–H and O–H groups in total. The number of benzene rings is 2. The van der Waals surface area contributed by atoms with Crippen LogP contribution in [0.2, 0.25) is 0 Å². The molecule has 0 spiro atoms. The lowest BCUT2D eigenvalue weighted by atomic mass is 10.2. The van der Waals surface area contributed by atoms with E-state index >= 15 is 0 Å². The van der Waals surface area contributed by atoms with Gasteiger partial charge in [-0.25, -0.2) is 4.79 Å². The van der Waals surface area contributed by atoms with Gasteiger partial charge in [0.25, 0.3) is 5.22 Å². The van der Waals surface area contributed by atoms with Crippen LogP contribution in [0.1, 0.15) is 37.0 Å². The van der Waals surface area contributed by atoms with E-state index in [9.17, 15) is 9.59 Å². The molecule has 168 valence electrons. The molecule has 0 aliphatic heterocycles. The third-order valence-electron chi connectivity index (χ3n) is 4.28. The second-order valence-corrected chi connectivity index (χ2v) is 7.66. The molecule has 0 radical (unpaired) electrons. The van der Waals surface area contributed by atoms with Crippen molar-refractivity contribution < 1.29 is 23.5 Å². The molecule has 0 bridgehead atoms. The Labute approximate surface area is 190 Å². The normalized spacial score (nSPS) is 10.6. The van der Waals surface area contributed by atoms with Crippen LogP contribution >= 0.6 is 11.8 Å². The first-order valence-electron chi connectivity index (χ1n) is 10.4. The smallest absolute Gasteiger partial charge is 0.338 e. The number of ether oxygens (including phenoxy) is 2. The Morgan fingerprint density at radius 2 is 1.78 bits per heavy atom. The minimum atomic E-state index is -0.369. The van der Waals surface area contributed by atoms with Gasteiger partial charge < -0.3 is 19.2 Å². The van der Waals surface area contributed by atoms with Gasteiger partial charge in [-0.05, 0) is 61.9 Å². The van der Waals surface area contributed by atoms with Crippen LogP contribution in [0.25, 0.3) is 11.5 Å². The molecule has 0 unspecified atom stereocenters. The topological polar surface area (TPSA) is 104 Å². The molecule has 0 aliphatic carbocycles. The van der Waals surface area contributed by atoms with Crippen molar-refractivity contribution >= 4 is 29.3 Å². The number of thioether (sulfide) groups is 1. The van der Waals surface area contributed by atoms with Crippen LogP contribution in [0, 0.1) is 0 Å². The summed E-state index contributed by atoms with van der Waals surface area (Å²) in [6.07, 6.45) is 1.79. The average molecular weight is 456 g/mol. The molecule has 9 heteroatoms. The standard InChI is InChI=1S/C23H25N3O5S/c1-3-5-14-30-22(28)17-6-10-18(11-7-17)24-20(27)15-32-23-26-25-21(31-23)16-8-12-19(13-9-16)29-4-2/h6-13H,3-5,14-15H2,1-2H3,(H,24,27). The third-order valence-corrected chi connectivity index (χ3v) is 5.10. The molecule has 1 amide bonds. The molecule has 0 saturated heterocycles. The van der Waals surface area contributed by atoms with E-state index in [1.165, 1.54) is 0 Å². The summed E-state index contributed by atoms with van der Waals surface area (Å²) in [4.78, 5) is 24.1. The monoisotopic (exact) mass is 455 g/mol. The van der Waals surface area contributed by atoms with E-state index in [2.05, 4.69) is 15.5 Å². The maximum absolute atomic E-state index is 12.2. The van der Waals surface area contributed by atoms with Gasteiger partial charge in [0.15, 0.2) is 0 Å². The van der Waals surface area contributed by atoms with Crippen molar-refractivity contribution in [2.45, 2.75) is 31.9 Å². The summed E-state index contributed by atoms with van der Waals surface area (Å²) < 4.78 is 16.2. The second kappa shape index (κ2) is 11.9. The minimum absolute atomic E-state index is 0.103. The van der Waals surface area contributed by atoms with Gasteiger partial charge in [0.2, 0.25) is 11.8 Å². The second-order valence-electron chi connectivity index (χ2n) is 6.73. The molecule has 0 fully saturated rings. The van der Waals surface area contributed by atoms with Crippen LogP contribution in [0.4, 0.5) is 5.69 Å². The predicted molar refractivity (Wildman–Crippen MR) is 122 cm³/mol. The molecular formula is C23H25N3O5S. The van der Waals surface area contributed by atoms with Crippen LogP contribution in [0.3, 0.4) is 0 Å². The Morgan fingerprint density at radius 1 is 1.03 bits per heavy atom. The van der Waals surface area contributed by atoms with Crippen LogP contribution in [0.15, 0.2) is 58.2 Å². The zero-order chi connectivity index (χ0) is 22.8. The number of aromatic nitrogens is 2. The number of rotatable bonds is 11. The first-order chi connectivity index (χ1) is 15.6. The third kappa shape index (κ3) is 6.84. The van der Waals surface area contributed by atoms with Crippen molar-refractivity contribution in [1.29, 1.82) is 0 Å². The molecule has 3 aromatic rings. The first-order valence-corrected chi connectivity index (χ1v) is 11.3. The number of carbonyl (C=O) groups excluding carboxylic acids is 2. The highest BCUT2D eigenvalue weighted by atomic mass is 32.2. The largest absolute Gasteiger partial charge is 0.494 e. The summed E-state index contributed by atoms with van der Waals surface area (Å²) >= 11 is 1.14. The van der Waals surface area contributed by atoms with Crippen LogP contribution in [0.5, 0.6) is 5.75 Å². The van der Waals surface area contributed by atoms with Crippen molar-refractivity contribution in [3.8, 4) is 17.2 Å². The van der Waals surface area contributed by atoms with E-state index in [0.717, 1.165) is 35.9 Å². The fourth-order valence-electron chi connectivity index (χ4n) is 2.65. The number of nitrogens with zero attached hydrogens (tertiary/aromatic N) is 2. The Morgan fingerprint density at radius 3 is 2.47 bits per heavy atom. The number of anilines is 1. The maximum Gasteiger partial charge on any atom is 0.338 e. The summed E-state index contributed by atoms with van der Waals surface area (Å²) in [5, 5.41) is 11.1. The molecule has 32 heavy (non-hydrogen) atoms. The number of carbonyl (C=O) groups is 2. The van der Waals surface area contributed by atoms with Crippen LogP contribution in [-0.4, -0.2) is 41.0 Å². The Kier molecular flexibility index (Phi) is 8.68. The highest BCUT2D eigenvalue weighted by Gasteiger charge is 2.12. The van der Waals surface area contributed by atoms with E-state index in [4.69, 9.17) is 13.9 Å². The minimum Gasteiger partial charge on any atom is -0.494 e. The van der Waals surface area contributed by atoms with E-state index in [1.54, 1.807) is 24.3 Å². The van der Waals surface area contributed by atoms with Crippen LogP contribution < -0.4 is 10.1 Å². The van der Waals surface area contributed by atoms with Gasteiger partial charge in [-0.2, -0.15) is 0 Å². The number of unbranched alkanes of at least 4 members (excludes halogenated alkanes) is 1. The molecule has 1 aromatic heterocycles. The number of esters is 1. The molecule has 1 heterocycles. The summed E-state index contributed by atoms with van der Waals surface area (Å²) in [5.74, 6) is 0.646. The lowest BCUT2D eigenvalue weighted by Crippen LogP contribution is -2.14. The summed E-state index contributed by atoms with van der Waals surface area (Å²) in [6.45, 7) is 4.95. The highest BCUT2D eigenvalue weighted by molar-refractivity contribution is 7.99. The van der Waals surface area contributed by atoms with Crippen molar-refractivity contribution in [3.63, 3.8) is 0 Å². The fourth-order valence-corrected chi connectivity index (χ4v) is 3.21. The van der Waals surface area contributed by atoms with E-state index in [-0.39, 0.29) is 17.6 Å². The van der Waals surface area contributed by atoms with Gasteiger partial charge in [0.1, 0.15) is 5.75 Å². The molecule has 3 rings (SSSR count). The predicted octanol–water partition coefficient (Wildman–Crippen LogP) is 4.82. The Hall–Kier alpha value is -3.33. The summed E-state index contributed by atoms with van der Waals surface area (Å²) in [7, 11) is 0. The lowest BCUT2D eigenvalue weighted by molar-refractivity contribution is -0.113. The zero-order valence-corrected chi connectivity index (χ0v) is 18.8. The van der Waals surface area contributed by atoms with Crippen LogP contribution in [-0.2, 0) is 9.53 Å². The van der Waals surface area contributed by atoms with Crippen molar-refractivity contribution in [2.75, 3.05) is 24.3 Å². The van der Waals surface area contributed by atoms with E-state index in [1.807, 2.05) is 38.1 Å². The number of amides is 1. The van der Waals surface area contributed by atoms with Gasteiger partial charge in [-0.1, -0.05) is 25.1 Å². The molecular weight excluding hydrogens is 430 g/mol. The van der Waals surface area contributed by atoms with Crippen molar-refractivity contribution in [3.05, 3.63) is 54.1 Å². The van der Waals surface area contributed by atoms with Crippen molar-refractivity contribution in [1.82, 2.24) is 10.2 Å². The first kappa shape index (κ1) is 23.3. The summed E-state index contributed by atoms with van der Waals surface area (Å²) in [5.41, 5.74) is 1.80. The Bertz CT molecular complexity index is 1020. The van der Waals surface area contributed by atoms with Crippen molar-refractivity contribution in [2.24, 2.45) is 0 Å². The molecule has 0 saturated carbocycles. The zero-order valence-electron chi connectivity index (χ0n) is 18.0. The number of hydrogen-bond donors (Lipinski definition) is 1. The highest BCUT2D eigenvalue weighted by Crippen LogP contribution is 2.25. The lowest BCUT2D eigenvalue weighted by Gasteiger charge is -2.06. The van der Waals surface area contributed by atoms with Gasteiger partial charge in [0, 0.05) is 11.3 Å². The quantitative estimate of drug-likeness (QED) is 0.249. The maximum atomic E-state index is 12.2. The van der Waals surface area contributed by atoms with E-state index < -0.39 is 0 Å². The van der Waals surface area contributed by atoms with Gasteiger partial charge in [0.05, 0.1) is 24.5 Å². The Balaban J connectivity index is 1.47. The fraction of sp³-hybridized carbons (Fsp3) is 0.304. The van der Waals surface area contributed by atoms with E-state index in [0.29, 0.717) is 35.6 Å². The molecule has 0 aliphatic rings. The van der Waals surface area contributed by atoms with Gasteiger partial charge in [-0.15, -0.1) is 10.2 Å². The van der Waals surface area contributed by atoms with Gasteiger partial charge >= 0.3 is 5.97 Å². The molecule has 2 aromatic carbocycles. The number of hydrogen-bond acceptors (Lipinski definition) is 8. The number of nitrogens with one attached hydrogen (secondary N) is 1. The molecule has 8 nitrogen and oxygen atoms in total. The molecule has 0 atom stereocenters.